The molecule has 18 heavy (non-hydrogen) atoms. The van der Waals surface area contributed by atoms with Crippen molar-refractivity contribution in [3.63, 3.8) is 0 Å². The molecule has 0 saturated carbocycles. The van der Waals surface area contributed by atoms with Crippen molar-refractivity contribution >= 4 is 5.97 Å². The molecule has 0 aliphatic rings. The van der Waals surface area contributed by atoms with Gasteiger partial charge in [0.15, 0.2) is 0 Å². The summed E-state index contributed by atoms with van der Waals surface area (Å²) in [5.41, 5.74) is 1.07. The molecule has 4 nitrogen and oxygen atoms in total. The Hall–Kier alpha value is -1.55. The smallest absolute Gasteiger partial charge is 0.307 e. The summed E-state index contributed by atoms with van der Waals surface area (Å²) in [4.78, 5) is 12.9. The predicted octanol–water partition coefficient (Wildman–Crippen LogP) is 2.41. The van der Waals surface area contributed by atoms with Gasteiger partial charge in [-0.2, -0.15) is 0 Å². The van der Waals surface area contributed by atoms with Gasteiger partial charge in [-0.05, 0) is 20.0 Å². The Balaban J connectivity index is 2.79. The van der Waals surface area contributed by atoms with Gasteiger partial charge in [-0.15, -0.1) is 0 Å². The molecule has 0 aromatic heterocycles. The quantitative estimate of drug-likeness (QED) is 0.843. The second-order valence-corrected chi connectivity index (χ2v) is 4.60. The molecule has 0 bridgehead atoms. The molecule has 1 N–H and O–H groups in total. The lowest BCUT2D eigenvalue weighted by molar-refractivity contribution is -0.141. The highest BCUT2D eigenvalue weighted by atomic mass is 16.5. The summed E-state index contributed by atoms with van der Waals surface area (Å²) in [6, 6.07) is 7.92. The Bertz CT molecular complexity index is 406. The van der Waals surface area contributed by atoms with Crippen LogP contribution in [0.2, 0.25) is 0 Å². The number of ether oxygens (including phenoxy) is 1. The highest BCUT2D eigenvalue weighted by Gasteiger charge is 2.20. The predicted molar refractivity (Wildman–Crippen MR) is 70.8 cm³/mol. The summed E-state index contributed by atoms with van der Waals surface area (Å²) in [6.45, 7) is 4.27. The first kappa shape index (κ1) is 14.5. The van der Waals surface area contributed by atoms with Crippen LogP contribution < -0.4 is 4.74 Å². The number of nitrogens with zero attached hydrogens (tertiary/aromatic N) is 1. The van der Waals surface area contributed by atoms with Crippen LogP contribution >= 0.6 is 0 Å². The van der Waals surface area contributed by atoms with E-state index in [9.17, 15) is 4.79 Å². The van der Waals surface area contributed by atoms with Crippen LogP contribution in [-0.2, 0) is 4.79 Å². The Morgan fingerprint density at radius 3 is 2.56 bits per heavy atom. The third-order valence-electron chi connectivity index (χ3n) is 3.23. The van der Waals surface area contributed by atoms with E-state index >= 15 is 0 Å². The summed E-state index contributed by atoms with van der Waals surface area (Å²) < 4.78 is 5.33. The van der Waals surface area contributed by atoms with Crippen LogP contribution in [0, 0.1) is 5.92 Å². The van der Waals surface area contributed by atoms with Crippen molar-refractivity contribution in [2.75, 3.05) is 20.7 Å². The van der Waals surface area contributed by atoms with Crippen molar-refractivity contribution in [2.24, 2.45) is 5.92 Å². The van der Waals surface area contributed by atoms with E-state index in [1.54, 1.807) is 14.0 Å². The minimum absolute atomic E-state index is 0.114. The van der Waals surface area contributed by atoms with Crippen LogP contribution in [0.25, 0.3) is 0 Å². The molecule has 1 aromatic rings. The van der Waals surface area contributed by atoms with E-state index in [0.717, 1.165) is 11.3 Å². The fraction of sp³-hybridized carbons (Fsp3) is 0.500. The van der Waals surface area contributed by atoms with E-state index in [1.807, 2.05) is 43.1 Å². The highest BCUT2D eigenvalue weighted by Crippen LogP contribution is 2.28. The molecule has 1 aromatic carbocycles. The zero-order valence-electron chi connectivity index (χ0n) is 11.4. The zero-order chi connectivity index (χ0) is 13.7. The van der Waals surface area contributed by atoms with Crippen molar-refractivity contribution in [2.45, 2.75) is 19.9 Å². The molecule has 0 amide bonds. The Labute approximate surface area is 108 Å². The molecule has 0 saturated heterocycles. The molecule has 0 spiro atoms. The molecule has 2 atom stereocenters. The van der Waals surface area contributed by atoms with Gasteiger partial charge in [0, 0.05) is 18.2 Å². The fourth-order valence-electron chi connectivity index (χ4n) is 1.92. The number of aliphatic carboxylic acids is 1. The van der Waals surface area contributed by atoms with Crippen LogP contribution in [0.3, 0.4) is 0 Å². The van der Waals surface area contributed by atoms with E-state index in [1.165, 1.54) is 0 Å². The van der Waals surface area contributed by atoms with Gasteiger partial charge in [0.1, 0.15) is 5.75 Å². The Morgan fingerprint density at radius 2 is 2.00 bits per heavy atom. The van der Waals surface area contributed by atoms with Crippen LogP contribution in [0.1, 0.15) is 25.5 Å². The Morgan fingerprint density at radius 1 is 1.39 bits per heavy atom. The molecule has 0 radical (unpaired) electrons. The first-order chi connectivity index (χ1) is 8.47. The fourth-order valence-corrected chi connectivity index (χ4v) is 1.92. The molecular weight excluding hydrogens is 230 g/mol. The normalized spacial score (nSPS) is 14.3. The summed E-state index contributed by atoms with van der Waals surface area (Å²) >= 11 is 0. The third-order valence-corrected chi connectivity index (χ3v) is 3.23. The number of carboxylic acids is 1. The van der Waals surface area contributed by atoms with Gasteiger partial charge >= 0.3 is 5.97 Å². The number of methoxy groups -OCH3 is 1. The number of para-hydroxylation sites is 1. The largest absolute Gasteiger partial charge is 0.496 e. The lowest BCUT2D eigenvalue weighted by atomic mass is 10.0. The van der Waals surface area contributed by atoms with Crippen molar-refractivity contribution in [1.29, 1.82) is 0 Å². The average Bonchev–Trinajstić information content (AvgIpc) is 2.37. The van der Waals surface area contributed by atoms with Gasteiger partial charge in [-0.1, -0.05) is 25.1 Å². The summed E-state index contributed by atoms with van der Waals surface area (Å²) in [6.07, 6.45) is 0. The van der Waals surface area contributed by atoms with Gasteiger partial charge in [0.25, 0.3) is 0 Å². The highest BCUT2D eigenvalue weighted by molar-refractivity contribution is 5.69. The second kappa shape index (κ2) is 6.40. The lowest BCUT2D eigenvalue weighted by Gasteiger charge is -2.27. The molecule has 0 aliphatic carbocycles. The van der Waals surface area contributed by atoms with Gasteiger partial charge in [0.2, 0.25) is 0 Å². The SMILES string of the molecule is COc1ccccc1C(C)N(C)CC(C)C(=O)O. The third kappa shape index (κ3) is 3.47. The standard InChI is InChI=1S/C14H21NO3/c1-10(14(16)17)9-15(3)11(2)12-7-5-6-8-13(12)18-4/h5-8,10-11H,9H2,1-4H3,(H,16,17). The number of carbonyl (C=O) groups is 1. The zero-order valence-corrected chi connectivity index (χ0v) is 11.4. The summed E-state index contributed by atoms with van der Waals surface area (Å²) in [7, 11) is 3.57. The van der Waals surface area contributed by atoms with Gasteiger partial charge in [-0.3, -0.25) is 9.69 Å². The van der Waals surface area contributed by atoms with E-state index in [0.29, 0.717) is 6.54 Å². The topological polar surface area (TPSA) is 49.8 Å². The number of hydrogen-bond acceptors (Lipinski definition) is 3. The van der Waals surface area contributed by atoms with Crippen LogP contribution in [0.15, 0.2) is 24.3 Å². The monoisotopic (exact) mass is 251 g/mol. The molecular formula is C14H21NO3. The van der Waals surface area contributed by atoms with E-state index in [2.05, 4.69) is 0 Å². The molecule has 100 valence electrons. The van der Waals surface area contributed by atoms with Gasteiger partial charge < -0.3 is 9.84 Å². The van der Waals surface area contributed by atoms with Crippen molar-refractivity contribution < 1.29 is 14.6 Å². The minimum Gasteiger partial charge on any atom is -0.496 e. The molecule has 4 heteroatoms. The van der Waals surface area contributed by atoms with Crippen LogP contribution in [-0.4, -0.2) is 36.7 Å². The molecule has 0 aliphatic heterocycles. The summed E-state index contributed by atoms with van der Waals surface area (Å²) in [5.74, 6) is -0.318. The van der Waals surface area contributed by atoms with E-state index < -0.39 is 5.97 Å². The maximum absolute atomic E-state index is 10.9. The number of carboxylic acid groups (broad SMARTS) is 1. The van der Waals surface area contributed by atoms with Crippen molar-refractivity contribution in [3.05, 3.63) is 29.8 Å². The van der Waals surface area contributed by atoms with E-state index in [4.69, 9.17) is 9.84 Å². The first-order valence-corrected chi connectivity index (χ1v) is 6.03. The first-order valence-electron chi connectivity index (χ1n) is 6.03. The molecule has 1 rings (SSSR count). The second-order valence-electron chi connectivity index (χ2n) is 4.60. The molecule has 0 fully saturated rings. The maximum Gasteiger partial charge on any atom is 0.307 e. The molecule has 2 unspecified atom stereocenters. The average molecular weight is 251 g/mol. The van der Waals surface area contributed by atoms with Crippen molar-refractivity contribution in [1.82, 2.24) is 4.90 Å². The number of benzene rings is 1. The van der Waals surface area contributed by atoms with Crippen LogP contribution in [0.5, 0.6) is 5.75 Å². The molecule has 0 heterocycles. The van der Waals surface area contributed by atoms with E-state index in [-0.39, 0.29) is 12.0 Å². The van der Waals surface area contributed by atoms with Gasteiger partial charge in [-0.25, -0.2) is 0 Å². The van der Waals surface area contributed by atoms with Crippen molar-refractivity contribution in [3.8, 4) is 5.75 Å². The van der Waals surface area contributed by atoms with Crippen LogP contribution in [0.4, 0.5) is 0 Å². The number of rotatable bonds is 6. The maximum atomic E-state index is 10.9. The van der Waals surface area contributed by atoms with Gasteiger partial charge in [0.05, 0.1) is 13.0 Å². The summed E-state index contributed by atoms with van der Waals surface area (Å²) in [5, 5.41) is 8.93. The lowest BCUT2D eigenvalue weighted by Crippen LogP contribution is -2.31. The minimum atomic E-state index is -0.769. The number of hydrogen-bond donors (Lipinski definition) is 1. The Kier molecular flexibility index (Phi) is 5.16.